The van der Waals surface area contributed by atoms with Crippen LogP contribution in [0.25, 0.3) is 0 Å². The quantitative estimate of drug-likeness (QED) is 0.820. The average Bonchev–Trinajstić information content (AvgIpc) is 2.82. The van der Waals surface area contributed by atoms with Crippen LogP contribution in [0.15, 0.2) is 35.9 Å². The van der Waals surface area contributed by atoms with Gasteiger partial charge < -0.3 is 5.11 Å². The number of carboxylic acids is 1. The third-order valence-corrected chi connectivity index (χ3v) is 4.55. The van der Waals surface area contributed by atoms with Crippen LogP contribution in [0.4, 0.5) is 0 Å². The molecule has 2 nitrogen and oxygen atoms in total. The van der Waals surface area contributed by atoms with Gasteiger partial charge in [0.15, 0.2) is 0 Å². The zero-order valence-corrected chi connectivity index (χ0v) is 12.8. The second kappa shape index (κ2) is 5.43. The van der Waals surface area contributed by atoms with Crippen LogP contribution >= 0.6 is 0 Å². The number of rotatable bonds is 5. The fourth-order valence-corrected chi connectivity index (χ4v) is 3.20. The van der Waals surface area contributed by atoms with E-state index in [1.54, 1.807) is 0 Å². The summed E-state index contributed by atoms with van der Waals surface area (Å²) in [5.41, 5.74) is 3.84. The second-order valence-corrected chi connectivity index (χ2v) is 6.74. The van der Waals surface area contributed by atoms with E-state index < -0.39 is 5.97 Å². The van der Waals surface area contributed by atoms with Crippen molar-refractivity contribution in [3.8, 4) is 0 Å². The fourth-order valence-electron chi connectivity index (χ4n) is 3.20. The van der Waals surface area contributed by atoms with Gasteiger partial charge in [-0.25, -0.2) is 0 Å². The molecule has 0 aliphatic heterocycles. The Kier molecular flexibility index (Phi) is 4.03. The molecule has 0 saturated heterocycles. The van der Waals surface area contributed by atoms with Crippen LogP contribution in [0, 0.1) is 17.3 Å². The smallest absolute Gasteiger partial charge is 0.307 e. The Morgan fingerprint density at radius 3 is 2.40 bits per heavy atom. The summed E-state index contributed by atoms with van der Waals surface area (Å²) in [6, 6.07) is 7.94. The summed E-state index contributed by atoms with van der Waals surface area (Å²) in [6.45, 7) is 8.90. The third-order valence-electron chi connectivity index (χ3n) is 4.55. The molecule has 1 fully saturated rings. The number of hydrogen-bond donors (Lipinski definition) is 1. The van der Waals surface area contributed by atoms with Crippen molar-refractivity contribution in [1.82, 2.24) is 0 Å². The van der Waals surface area contributed by atoms with Gasteiger partial charge in [0.25, 0.3) is 0 Å². The monoisotopic (exact) mass is 272 g/mol. The zero-order chi connectivity index (χ0) is 14.9. The molecule has 20 heavy (non-hydrogen) atoms. The third kappa shape index (κ3) is 3.12. The number of hydrogen-bond acceptors (Lipinski definition) is 1. The first-order valence-corrected chi connectivity index (χ1v) is 7.26. The summed E-state index contributed by atoms with van der Waals surface area (Å²) in [7, 11) is 0. The number of carboxylic acid groups (broad SMARTS) is 1. The van der Waals surface area contributed by atoms with Gasteiger partial charge in [-0.2, -0.15) is 0 Å². The molecule has 0 amide bonds. The lowest BCUT2D eigenvalue weighted by Gasteiger charge is -2.08. The SMILES string of the molecule is CC(C)=CC1C(Cc2ccccc2CC(=O)O)C1(C)C. The Balaban J connectivity index is 2.15. The highest BCUT2D eigenvalue weighted by atomic mass is 16.4. The molecule has 1 aromatic carbocycles. The lowest BCUT2D eigenvalue weighted by molar-refractivity contribution is -0.136. The number of benzene rings is 1. The molecule has 1 saturated carbocycles. The van der Waals surface area contributed by atoms with Crippen molar-refractivity contribution in [1.29, 1.82) is 0 Å². The molecule has 0 heterocycles. The Labute approximate surface area is 121 Å². The molecular formula is C18H24O2. The minimum atomic E-state index is -0.756. The predicted molar refractivity (Wildman–Crippen MR) is 81.7 cm³/mol. The predicted octanol–water partition coefficient (Wildman–Crippen LogP) is 4.09. The molecule has 2 heteroatoms. The molecular weight excluding hydrogens is 248 g/mol. The van der Waals surface area contributed by atoms with E-state index in [9.17, 15) is 4.79 Å². The van der Waals surface area contributed by atoms with Crippen molar-refractivity contribution < 1.29 is 9.90 Å². The molecule has 2 atom stereocenters. The Hall–Kier alpha value is -1.57. The van der Waals surface area contributed by atoms with Gasteiger partial charge in [0.05, 0.1) is 6.42 Å². The first-order valence-electron chi connectivity index (χ1n) is 7.26. The van der Waals surface area contributed by atoms with E-state index in [1.807, 2.05) is 18.2 Å². The topological polar surface area (TPSA) is 37.3 Å². The zero-order valence-electron chi connectivity index (χ0n) is 12.8. The Morgan fingerprint density at radius 2 is 1.85 bits per heavy atom. The highest BCUT2D eigenvalue weighted by Gasteiger charge is 2.55. The highest BCUT2D eigenvalue weighted by molar-refractivity contribution is 5.70. The number of carbonyl (C=O) groups is 1. The number of allylic oxidation sites excluding steroid dienone is 2. The molecule has 2 rings (SSSR count). The van der Waals surface area contributed by atoms with Crippen LogP contribution < -0.4 is 0 Å². The maximum absolute atomic E-state index is 11.0. The molecule has 1 N–H and O–H groups in total. The van der Waals surface area contributed by atoms with Crippen LogP contribution in [0.2, 0.25) is 0 Å². The van der Waals surface area contributed by atoms with Crippen molar-refractivity contribution in [3.63, 3.8) is 0 Å². The van der Waals surface area contributed by atoms with Crippen molar-refractivity contribution in [2.75, 3.05) is 0 Å². The largest absolute Gasteiger partial charge is 0.481 e. The summed E-state index contributed by atoms with van der Waals surface area (Å²) in [4.78, 5) is 11.0. The highest BCUT2D eigenvalue weighted by Crippen LogP contribution is 2.60. The van der Waals surface area contributed by atoms with E-state index in [4.69, 9.17) is 5.11 Å². The van der Waals surface area contributed by atoms with Gasteiger partial charge in [-0.05, 0) is 48.6 Å². The normalized spacial score (nSPS) is 23.2. The molecule has 0 radical (unpaired) electrons. The van der Waals surface area contributed by atoms with E-state index in [1.165, 1.54) is 11.1 Å². The lowest BCUT2D eigenvalue weighted by Crippen LogP contribution is -2.05. The van der Waals surface area contributed by atoms with E-state index in [0.29, 0.717) is 17.3 Å². The molecule has 1 aromatic rings. The molecule has 0 bridgehead atoms. The summed E-state index contributed by atoms with van der Waals surface area (Å²) in [5, 5.41) is 9.01. The summed E-state index contributed by atoms with van der Waals surface area (Å²) < 4.78 is 0. The molecule has 1 aliphatic rings. The number of aliphatic carboxylic acids is 1. The molecule has 0 spiro atoms. The van der Waals surface area contributed by atoms with Crippen LogP contribution in [0.1, 0.15) is 38.8 Å². The van der Waals surface area contributed by atoms with Gasteiger partial charge in [-0.3, -0.25) is 4.79 Å². The van der Waals surface area contributed by atoms with Gasteiger partial charge in [-0.15, -0.1) is 0 Å². The van der Waals surface area contributed by atoms with Gasteiger partial charge >= 0.3 is 5.97 Å². The van der Waals surface area contributed by atoms with Crippen LogP contribution in [0.5, 0.6) is 0 Å². The van der Waals surface area contributed by atoms with Crippen molar-refractivity contribution in [2.24, 2.45) is 17.3 Å². The Morgan fingerprint density at radius 1 is 1.25 bits per heavy atom. The maximum atomic E-state index is 11.0. The van der Waals surface area contributed by atoms with Crippen molar-refractivity contribution in [2.45, 2.75) is 40.5 Å². The summed E-state index contributed by atoms with van der Waals surface area (Å²) >= 11 is 0. The van der Waals surface area contributed by atoms with Gasteiger partial charge in [0.2, 0.25) is 0 Å². The van der Waals surface area contributed by atoms with Crippen molar-refractivity contribution >= 4 is 5.97 Å². The Bertz CT molecular complexity index is 536. The maximum Gasteiger partial charge on any atom is 0.307 e. The molecule has 1 aliphatic carbocycles. The summed E-state index contributed by atoms with van der Waals surface area (Å²) in [6.07, 6.45) is 3.46. The lowest BCUT2D eigenvalue weighted by atomic mass is 9.97. The first kappa shape index (κ1) is 14.8. The summed E-state index contributed by atoms with van der Waals surface area (Å²) in [5.74, 6) is 0.478. The molecule has 108 valence electrons. The standard InChI is InChI=1S/C18H24O2/c1-12(2)9-15-16(18(15,3)4)10-13-7-5-6-8-14(13)11-17(19)20/h5-9,15-16H,10-11H2,1-4H3,(H,19,20). The van der Waals surface area contributed by atoms with E-state index in [0.717, 1.165) is 12.0 Å². The van der Waals surface area contributed by atoms with Crippen LogP contribution in [0.3, 0.4) is 0 Å². The van der Waals surface area contributed by atoms with Crippen LogP contribution in [-0.2, 0) is 17.6 Å². The van der Waals surface area contributed by atoms with Gasteiger partial charge in [0.1, 0.15) is 0 Å². The van der Waals surface area contributed by atoms with Crippen LogP contribution in [-0.4, -0.2) is 11.1 Å². The minimum Gasteiger partial charge on any atom is -0.481 e. The van der Waals surface area contributed by atoms with E-state index >= 15 is 0 Å². The first-order chi connectivity index (χ1) is 9.32. The van der Waals surface area contributed by atoms with Gasteiger partial charge in [-0.1, -0.05) is 49.8 Å². The van der Waals surface area contributed by atoms with Crippen molar-refractivity contribution in [3.05, 3.63) is 47.0 Å². The fraction of sp³-hybridized carbons (Fsp3) is 0.500. The second-order valence-electron chi connectivity index (χ2n) is 6.74. The molecule has 2 unspecified atom stereocenters. The van der Waals surface area contributed by atoms with E-state index in [2.05, 4.69) is 39.8 Å². The van der Waals surface area contributed by atoms with E-state index in [-0.39, 0.29) is 6.42 Å². The average molecular weight is 272 g/mol. The molecule has 0 aromatic heterocycles. The minimum absolute atomic E-state index is 0.122. The van der Waals surface area contributed by atoms with Gasteiger partial charge in [0, 0.05) is 0 Å².